The minimum Gasteiger partial charge on any atom is -0.383 e. The van der Waals surface area contributed by atoms with Crippen molar-refractivity contribution in [3.63, 3.8) is 0 Å². The van der Waals surface area contributed by atoms with E-state index in [-0.39, 0.29) is 5.82 Å². The number of anilines is 1. The quantitative estimate of drug-likeness (QED) is 0.601. The van der Waals surface area contributed by atoms with Crippen molar-refractivity contribution >= 4 is 11.5 Å². The second-order valence-electron chi connectivity index (χ2n) is 5.71. The molecule has 0 unspecified atom stereocenters. The van der Waals surface area contributed by atoms with Crippen LogP contribution in [0.1, 0.15) is 11.1 Å². The van der Waals surface area contributed by atoms with E-state index in [9.17, 15) is 5.26 Å². The van der Waals surface area contributed by atoms with E-state index in [4.69, 9.17) is 5.73 Å². The molecule has 0 fully saturated rings. The van der Waals surface area contributed by atoms with E-state index < -0.39 is 0 Å². The Hall–Kier alpha value is -3.73. The van der Waals surface area contributed by atoms with Crippen LogP contribution in [0.25, 0.3) is 28.0 Å². The molecular weight excluding hydrogens is 316 g/mol. The minimum absolute atomic E-state index is 0.197. The number of nitrogen functional groups attached to an aromatic ring is 1. The molecule has 4 aromatic rings. The summed E-state index contributed by atoms with van der Waals surface area (Å²) in [5, 5.41) is 17.9. The zero-order valence-electron chi connectivity index (χ0n) is 13.7. The minimum atomic E-state index is 0.197. The molecule has 2 N–H and O–H groups in total. The Balaban J connectivity index is 2.02. The van der Waals surface area contributed by atoms with Crippen molar-refractivity contribution in [2.75, 3.05) is 5.73 Å². The Morgan fingerprint density at radius 3 is 2.80 bits per heavy atom. The van der Waals surface area contributed by atoms with Gasteiger partial charge >= 0.3 is 0 Å². The van der Waals surface area contributed by atoms with Gasteiger partial charge in [0.25, 0.3) is 0 Å². The molecule has 0 amide bonds. The number of nitrogens with two attached hydrogens (primary N) is 1. The highest BCUT2D eigenvalue weighted by molar-refractivity contribution is 5.84. The van der Waals surface area contributed by atoms with Crippen LogP contribution in [0.15, 0.2) is 37.1 Å². The number of aryl methyl sites for hydroxylation is 1. The summed E-state index contributed by atoms with van der Waals surface area (Å²) in [4.78, 5) is 8.64. The molecule has 0 saturated carbocycles. The van der Waals surface area contributed by atoms with E-state index in [1.54, 1.807) is 21.6 Å². The highest BCUT2D eigenvalue weighted by Gasteiger charge is 2.19. The van der Waals surface area contributed by atoms with Gasteiger partial charge in [-0.3, -0.25) is 4.68 Å². The lowest BCUT2D eigenvalue weighted by Crippen LogP contribution is -2.03. The smallest absolute Gasteiger partial charge is 0.155 e. The maximum absolute atomic E-state index is 9.60. The lowest BCUT2D eigenvalue weighted by Gasteiger charge is -2.14. The van der Waals surface area contributed by atoms with Crippen LogP contribution in [0.2, 0.25) is 0 Å². The van der Waals surface area contributed by atoms with Gasteiger partial charge in [-0.1, -0.05) is 0 Å². The van der Waals surface area contributed by atoms with Crippen LogP contribution in [0.5, 0.6) is 0 Å². The molecule has 0 radical (unpaired) electrons. The van der Waals surface area contributed by atoms with E-state index >= 15 is 0 Å². The molecule has 25 heavy (non-hydrogen) atoms. The number of pyridine rings is 2. The highest BCUT2D eigenvalue weighted by Crippen LogP contribution is 2.35. The first-order valence-electron chi connectivity index (χ1n) is 7.57. The predicted octanol–water partition coefficient (Wildman–Crippen LogP) is 1.95. The summed E-state index contributed by atoms with van der Waals surface area (Å²) in [6.45, 7) is 1.93. The Morgan fingerprint density at radius 2 is 2.08 bits per heavy atom. The van der Waals surface area contributed by atoms with Crippen molar-refractivity contribution in [1.82, 2.24) is 29.4 Å². The van der Waals surface area contributed by atoms with Gasteiger partial charge < -0.3 is 5.73 Å². The van der Waals surface area contributed by atoms with Crippen molar-refractivity contribution in [1.29, 1.82) is 5.26 Å². The number of rotatable bonds is 2. The van der Waals surface area contributed by atoms with Crippen LogP contribution >= 0.6 is 0 Å². The van der Waals surface area contributed by atoms with Gasteiger partial charge in [-0.2, -0.15) is 15.5 Å². The van der Waals surface area contributed by atoms with Gasteiger partial charge in [0.15, 0.2) is 5.65 Å². The normalized spacial score (nSPS) is 10.9. The van der Waals surface area contributed by atoms with Gasteiger partial charge in [0.1, 0.15) is 23.8 Å². The fourth-order valence-corrected chi connectivity index (χ4v) is 2.96. The van der Waals surface area contributed by atoms with Crippen molar-refractivity contribution in [3.05, 3.63) is 48.2 Å². The molecule has 0 bridgehead atoms. The first-order chi connectivity index (χ1) is 12.1. The predicted molar refractivity (Wildman–Crippen MR) is 92.3 cm³/mol. The second-order valence-corrected chi connectivity index (χ2v) is 5.71. The fraction of sp³-hybridized carbons (Fsp3) is 0.118. The molecule has 4 rings (SSSR count). The molecule has 0 aliphatic carbocycles. The van der Waals surface area contributed by atoms with Gasteiger partial charge in [0.05, 0.1) is 11.9 Å². The SMILES string of the molecule is Cc1c(-c2cnn(C)c2)nc(N)c(C#N)c1-c1ccn2ncnc2c1. The molecule has 0 aliphatic heterocycles. The fourth-order valence-electron chi connectivity index (χ4n) is 2.96. The number of hydrogen-bond acceptors (Lipinski definition) is 6. The van der Waals surface area contributed by atoms with E-state index in [1.807, 2.05) is 32.3 Å². The number of fused-ring (bicyclic) bond motifs is 1. The van der Waals surface area contributed by atoms with Gasteiger partial charge in [0.2, 0.25) is 0 Å². The first kappa shape index (κ1) is 14.8. The molecule has 4 aromatic heterocycles. The zero-order chi connectivity index (χ0) is 17.6. The molecule has 122 valence electrons. The molecule has 0 saturated heterocycles. The molecule has 0 aliphatic rings. The number of nitrogens with zero attached hydrogens (tertiary/aromatic N) is 7. The van der Waals surface area contributed by atoms with E-state index in [1.165, 1.54) is 6.33 Å². The third-order valence-corrected chi connectivity index (χ3v) is 4.13. The van der Waals surface area contributed by atoms with Crippen LogP contribution in [0.4, 0.5) is 5.82 Å². The summed E-state index contributed by atoms with van der Waals surface area (Å²) in [5.41, 5.74) is 11.1. The highest BCUT2D eigenvalue weighted by atomic mass is 15.3. The van der Waals surface area contributed by atoms with Crippen LogP contribution < -0.4 is 5.73 Å². The van der Waals surface area contributed by atoms with Crippen LogP contribution in [0, 0.1) is 18.3 Å². The third kappa shape index (κ3) is 2.30. The van der Waals surface area contributed by atoms with Crippen molar-refractivity contribution < 1.29 is 0 Å². The van der Waals surface area contributed by atoms with Gasteiger partial charge in [-0.25, -0.2) is 14.5 Å². The largest absolute Gasteiger partial charge is 0.383 e. The topological polar surface area (TPSA) is 111 Å². The Labute approximate surface area is 143 Å². The molecule has 0 atom stereocenters. The maximum Gasteiger partial charge on any atom is 0.155 e. The summed E-state index contributed by atoms with van der Waals surface area (Å²) in [6.07, 6.45) is 6.89. The molecule has 4 heterocycles. The standard InChI is InChI=1S/C17H14N8/c1-10-15(11-3-4-25-14(5-11)20-9-22-25)13(6-18)17(19)23-16(10)12-7-21-24(2)8-12/h3-5,7-9H,1-2H3,(H2,19,23). The Morgan fingerprint density at radius 1 is 1.24 bits per heavy atom. The average molecular weight is 330 g/mol. The maximum atomic E-state index is 9.60. The number of hydrogen-bond donors (Lipinski definition) is 1. The summed E-state index contributed by atoms with van der Waals surface area (Å²) in [7, 11) is 1.84. The van der Waals surface area contributed by atoms with Crippen molar-refractivity contribution in [2.24, 2.45) is 7.05 Å². The number of nitriles is 1. The van der Waals surface area contributed by atoms with Gasteiger partial charge in [-0.15, -0.1) is 0 Å². The van der Waals surface area contributed by atoms with E-state index in [0.717, 1.165) is 22.3 Å². The summed E-state index contributed by atoms with van der Waals surface area (Å²) in [5.74, 6) is 0.197. The molecular formula is C17H14N8. The summed E-state index contributed by atoms with van der Waals surface area (Å²) < 4.78 is 3.37. The summed E-state index contributed by atoms with van der Waals surface area (Å²) in [6, 6.07) is 5.94. The van der Waals surface area contributed by atoms with E-state index in [2.05, 4.69) is 26.2 Å². The van der Waals surface area contributed by atoms with Gasteiger partial charge in [-0.05, 0) is 30.2 Å². The molecule has 8 heteroatoms. The second kappa shape index (κ2) is 5.42. The van der Waals surface area contributed by atoms with Crippen molar-refractivity contribution in [2.45, 2.75) is 6.92 Å². The van der Waals surface area contributed by atoms with Gasteiger partial charge in [0, 0.05) is 30.6 Å². The van der Waals surface area contributed by atoms with Crippen LogP contribution in [-0.4, -0.2) is 29.4 Å². The Kier molecular flexibility index (Phi) is 3.22. The molecule has 8 nitrogen and oxygen atoms in total. The monoisotopic (exact) mass is 330 g/mol. The lowest BCUT2D eigenvalue weighted by molar-refractivity contribution is 0.768. The van der Waals surface area contributed by atoms with Crippen molar-refractivity contribution in [3.8, 4) is 28.5 Å². The van der Waals surface area contributed by atoms with Crippen LogP contribution in [-0.2, 0) is 7.05 Å². The van der Waals surface area contributed by atoms with Crippen LogP contribution in [0.3, 0.4) is 0 Å². The molecule has 0 aromatic carbocycles. The average Bonchev–Trinajstić information content (AvgIpc) is 3.24. The zero-order valence-corrected chi connectivity index (χ0v) is 13.7. The first-order valence-corrected chi connectivity index (χ1v) is 7.57. The van der Waals surface area contributed by atoms with E-state index in [0.29, 0.717) is 16.9 Å². The number of aromatic nitrogens is 6. The lowest BCUT2D eigenvalue weighted by atomic mass is 9.94. The molecule has 0 spiro atoms. The summed E-state index contributed by atoms with van der Waals surface area (Å²) >= 11 is 0. The third-order valence-electron chi connectivity index (χ3n) is 4.13. The Bertz CT molecular complexity index is 1150.